The van der Waals surface area contributed by atoms with Crippen LogP contribution in [-0.4, -0.2) is 10.1 Å². The Morgan fingerprint density at radius 1 is 0.880 bits per heavy atom. The highest BCUT2D eigenvalue weighted by Crippen LogP contribution is 2.52. The standard InChI is InChI=1S/C22H21NO2/c24-21(20-12-4-5-15-23-20)22(13-7-14-22)17-8-6-11-19(16-17)25-18-9-2-1-3-10-18/h1-6,8-12,15-16,21,24H,7,13-14H2. The second-order valence-corrected chi connectivity index (χ2v) is 6.61. The summed E-state index contributed by atoms with van der Waals surface area (Å²) < 4.78 is 5.97. The predicted molar refractivity (Wildman–Crippen MR) is 97.7 cm³/mol. The Morgan fingerprint density at radius 3 is 2.32 bits per heavy atom. The summed E-state index contributed by atoms with van der Waals surface area (Å²) >= 11 is 0. The van der Waals surface area contributed by atoms with Crippen molar-refractivity contribution in [3.63, 3.8) is 0 Å². The Balaban J connectivity index is 1.64. The largest absolute Gasteiger partial charge is 0.457 e. The molecule has 1 unspecified atom stereocenters. The van der Waals surface area contributed by atoms with Crippen molar-refractivity contribution < 1.29 is 9.84 Å². The molecule has 25 heavy (non-hydrogen) atoms. The molecule has 1 saturated carbocycles. The van der Waals surface area contributed by atoms with Crippen LogP contribution in [0.3, 0.4) is 0 Å². The van der Waals surface area contributed by atoms with Gasteiger partial charge in [-0.25, -0.2) is 0 Å². The Kier molecular flexibility index (Phi) is 4.24. The fourth-order valence-corrected chi connectivity index (χ4v) is 3.59. The highest BCUT2D eigenvalue weighted by Gasteiger charge is 2.46. The lowest BCUT2D eigenvalue weighted by Gasteiger charge is -2.45. The number of aliphatic hydroxyl groups excluding tert-OH is 1. The highest BCUT2D eigenvalue weighted by atomic mass is 16.5. The SMILES string of the molecule is OC(c1ccccn1)C1(c2cccc(Oc3ccccc3)c2)CCC1. The molecule has 0 bridgehead atoms. The Bertz CT molecular complexity index is 829. The number of aliphatic hydroxyl groups is 1. The molecule has 1 atom stereocenters. The zero-order valence-corrected chi connectivity index (χ0v) is 14.0. The van der Waals surface area contributed by atoms with Gasteiger partial charge in [0, 0.05) is 11.6 Å². The predicted octanol–water partition coefficient (Wildman–Crippen LogP) is 5.03. The maximum Gasteiger partial charge on any atom is 0.127 e. The summed E-state index contributed by atoms with van der Waals surface area (Å²) in [5.41, 5.74) is 1.58. The summed E-state index contributed by atoms with van der Waals surface area (Å²) in [5, 5.41) is 11.0. The van der Waals surface area contributed by atoms with Crippen molar-refractivity contribution in [2.45, 2.75) is 30.8 Å². The quantitative estimate of drug-likeness (QED) is 0.713. The van der Waals surface area contributed by atoms with E-state index in [2.05, 4.69) is 17.1 Å². The fraction of sp³-hybridized carbons (Fsp3) is 0.227. The molecule has 2 aromatic carbocycles. The van der Waals surface area contributed by atoms with Gasteiger partial charge in [0.1, 0.15) is 17.6 Å². The Morgan fingerprint density at radius 2 is 1.64 bits per heavy atom. The number of aromatic nitrogens is 1. The van der Waals surface area contributed by atoms with E-state index < -0.39 is 6.10 Å². The first kappa shape index (κ1) is 15.9. The summed E-state index contributed by atoms with van der Waals surface area (Å²) in [7, 11) is 0. The van der Waals surface area contributed by atoms with Crippen molar-refractivity contribution in [3.05, 3.63) is 90.3 Å². The molecule has 0 radical (unpaired) electrons. The maximum atomic E-state index is 11.0. The van der Waals surface area contributed by atoms with Gasteiger partial charge in [-0.15, -0.1) is 0 Å². The number of para-hydroxylation sites is 1. The third-order valence-electron chi connectivity index (χ3n) is 5.12. The van der Waals surface area contributed by atoms with Gasteiger partial charge in [-0.1, -0.05) is 42.8 Å². The number of pyridine rings is 1. The van der Waals surface area contributed by atoms with Crippen molar-refractivity contribution in [1.82, 2.24) is 4.98 Å². The zero-order chi connectivity index (χ0) is 17.1. The molecule has 1 aliphatic carbocycles. The van der Waals surface area contributed by atoms with Gasteiger partial charge < -0.3 is 9.84 Å². The molecule has 126 valence electrons. The minimum absolute atomic E-state index is 0.273. The smallest absolute Gasteiger partial charge is 0.127 e. The number of ether oxygens (including phenoxy) is 1. The first-order valence-electron chi connectivity index (χ1n) is 8.70. The van der Waals surface area contributed by atoms with Crippen LogP contribution in [0.1, 0.15) is 36.6 Å². The summed E-state index contributed by atoms with van der Waals surface area (Å²) in [4.78, 5) is 4.36. The second-order valence-electron chi connectivity index (χ2n) is 6.61. The molecular formula is C22H21NO2. The lowest BCUT2D eigenvalue weighted by molar-refractivity contribution is 0.0237. The molecule has 3 heteroatoms. The molecule has 1 fully saturated rings. The van der Waals surface area contributed by atoms with Gasteiger partial charge in [0.05, 0.1) is 5.69 Å². The second kappa shape index (κ2) is 6.69. The lowest BCUT2D eigenvalue weighted by atomic mass is 9.60. The van der Waals surface area contributed by atoms with Crippen LogP contribution < -0.4 is 4.74 Å². The fourth-order valence-electron chi connectivity index (χ4n) is 3.59. The van der Waals surface area contributed by atoms with Gasteiger partial charge in [0.25, 0.3) is 0 Å². The minimum atomic E-state index is -0.602. The third kappa shape index (κ3) is 3.03. The van der Waals surface area contributed by atoms with Gasteiger partial charge in [0.2, 0.25) is 0 Å². The Hall–Kier alpha value is -2.65. The van der Waals surface area contributed by atoms with E-state index in [-0.39, 0.29) is 5.41 Å². The molecular weight excluding hydrogens is 310 g/mol. The van der Waals surface area contributed by atoms with Crippen LogP contribution in [-0.2, 0) is 5.41 Å². The molecule has 4 rings (SSSR count). The number of nitrogens with zero attached hydrogens (tertiary/aromatic N) is 1. The summed E-state index contributed by atoms with van der Waals surface area (Å²) in [6.45, 7) is 0. The molecule has 1 N–H and O–H groups in total. The van der Waals surface area contributed by atoms with Crippen LogP contribution >= 0.6 is 0 Å². The van der Waals surface area contributed by atoms with E-state index in [0.29, 0.717) is 0 Å². The number of hydrogen-bond acceptors (Lipinski definition) is 3. The monoisotopic (exact) mass is 331 g/mol. The van der Waals surface area contributed by atoms with E-state index in [4.69, 9.17) is 4.74 Å². The van der Waals surface area contributed by atoms with Crippen molar-refractivity contribution in [1.29, 1.82) is 0 Å². The van der Waals surface area contributed by atoms with E-state index in [0.717, 1.165) is 42.0 Å². The maximum absolute atomic E-state index is 11.0. The topological polar surface area (TPSA) is 42.4 Å². The van der Waals surface area contributed by atoms with Gasteiger partial charge >= 0.3 is 0 Å². The molecule has 1 heterocycles. The number of benzene rings is 2. The van der Waals surface area contributed by atoms with Crippen LogP contribution in [0.5, 0.6) is 11.5 Å². The number of hydrogen-bond donors (Lipinski definition) is 1. The van der Waals surface area contributed by atoms with Crippen molar-refractivity contribution in [2.75, 3.05) is 0 Å². The van der Waals surface area contributed by atoms with E-state index in [1.807, 2.05) is 60.7 Å². The van der Waals surface area contributed by atoms with Crippen LogP contribution in [0.15, 0.2) is 79.0 Å². The van der Waals surface area contributed by atoms with Gasteiger partial charge in [-0.3, -0.25) is 4.98 Å². The van der Waals surface area contributed by atoms with Gasteiger partial charge in [-0.05, 0) is 54.8 Å². The average molecular weight is 331 g/mol. The van der Waals surface area contributed by atoms with Crippen molar-refractivity contribution in [3.8, 4) is 11.5 Å². The lowest BCUT2D eigenvalue weighted by Crippen LogP contribution is -2.40. The van der Waals surface area contributed by atoms with Crippen molar-refractivity contribution in [2.24, 2.45) is 0 Å². The first-order valence-corrected chi connectivity index (χ1v) is 8.70. The zero-order valence-electron chi connectivity index (χ0n) is 14.0. The molecule has 0 amide bonds. The van der Waals surface area contributed by atoms with E-state index >= 15 is 0 Å². The average Bonchev–Trinajstić information content (AvgIpc) is 2.63. The Labute approximate surface area is 147 Å². The molecule has 1 aromatic heterocycles. The van der Waals surface area contributed by atoms with Crippen molar-refractivity contribution >= 4 is 0 Å². The van der Waals surface area contributed by atoms with Crippen LogP contribution in [0.25, 0.3) is 0 Å². The first-order chi connectivity index (χ1) is 12.3. The highest BCUT2D eigenvalue weighted by molar-refractivity contribution is 5.40. The van der Waals surface area contributed by atoms with Crippen LogP contribution in [0.4, 0.5) is 0 Å². The van der Waals surface area contributed by atoms with Gasteiger partial charge in [0.15, 0.2) is 0 Å². The van der Waals surface area contributed by atoms with Crippen LogP contribution in [0, 0.1) is 0 Å². The number of rotatable bonds is 5. The molecule has 1 aliphatic rings. The summed E-state index contributed by atoms with van der Waals surface area (Å²) in [6.07, 6.45) is 4.17. The molecule has 0 saturated heterocycles. The third-order valence-corrected chi connectivity index (χ3v) is 5.12. The van der Waals surface area contributed by atoms with E-state index in [9.17, 15) is 5.11 Å². The molecule has 0 spiro atoms. The molecule has 0 aliphatic heterocycles. The molecule has 3 nitrogen and oxygen atoms in total. The van der Waals surface area contributed by atoms with E-state index in [1.54, 1.807) is 6.20 Å². The summed E-state index contributed by atoms with van der Waals surface area (Å²) in [5.74, 6) is 1.61. The van der Waals surface area contributed by atoms with E-state index in [1.165, 1.54) is 0 Å². The normalized spacial score (nSPS) is 16.7. The van der Waals surface area contributed by atoms with Crippen LogP contribution in [0.2, 0.25) is 0 Å². The molecule has 3 aromatic rings. The minimum Gasteiger partial charge on any atom is -0.457 e. The van der Waals surface area contributed by atoms with Gasteiger partial charge in [-0.2, -0.15) is 0 Å². The summed E-state index contributed by atoms with van der Waals surface area (Å²) in [6, 6.07) is 23.5.